The minimum atomic E-state index is -0.211. The van der Waals surface area contributed by atoms with Crippen LogP contribution in [0.25, 0.3) is 43.8 Å². The van der Waals surface area contributed by atoms with Crippen molar-refractivity contribution in [3.05, 3.63) is 144 Å². The smallest absolute Gasteiger partial charge is 0.193 e. The number of hydrogen-bond donors (Lipinski definition) is 0. The Bertz CT molecular complexity index is 1780. The van der Waals surface area contributed by atoms with Crippen LogP contribution in [0.2, 0.25) is 0 Å². The van der Waals surface area contributed by atoms with Crippen LogP contribution in [0.15, 0.2) is 121 Å². The largest absolute Gasteiger partial charge is 0.289 e. The Morgan fingerprint density at radius 3 is 1.38 bits per heavy atom. The highest BCUT2D eigenvalue weighted by molar-refractivity contribution is 6.14. The van der Waals surface area contributed by atoms with Gasteiger partial charge >= 0.3 is 0 Å². The second-order valence-electron chi connectivity index (χ2n) is 11.1. The lowest BCUT2D eigenvalue weighted by molar-refractivity contribution is 0.103. The number of carbonyl (C=O) groups excluding carboxylic acids is 1. The molecule has 39 heavy (non-hydrogen) atoms. The molecule has 0 aromatic heterocycles. The van der Waals surface area contributed by atoms with Crippen molar-refractivity contribution in [2.45, 2.75) is 32.1 Å². The first kappa shape index (κ1) is 23.6. The fourth-order valence-electron chi connectivity index (χ4n) is 6.58. The Hall–Kier alpha value is -4.49. The fourth-order valence-corrected chi connectivity index (χ4v) is 6.58. The van der Waals surface area contributed by atoms with E-state index in [0.29, 0.717) is 0 Å². The molecule has 6 aromatic carbocycles. The van der Waals surface area contributed by atoms with E-state index < -0.39 is 0 Å². The van der Waals surface area contributed by atoms with Crippen LogP contribution in [0.1, 0.15) is 53.7 Å². The number of benzene rings is 6. The van der Waals surface area contributed by atoms with Gasteiger partial charge in [-0.05, 0) is 85.6 Å². The maximum Gasteiger partial charge on any atom is 0.193 e. The Labute approximate surface area is 229 Å². The van der Waals surface area contributed by atoms with Gasteiger partial charge in [0.25, 0.3) is 0 Å². The molecule has 0 spiro atoms. The molecule has 1 aliphatic rings. The minimum absolute atomic E-state index is 0.124. The molecular formula is C38H30O. The molecule has 0 bridgehead atoms. The predicted octanol–water partition coefficient (Wildman–Crippen LogP) is 9.98. The van der Waals surface area contributed by atoms with Crippen LogP contribution in [0.5, 0.6) is 0 Å². The summed E-state index contributed by atoms with van der Waals surface area (Å²) in [7, 11) is 0. The van der Waals surface area contributed by atoms with E-state index in [1.54, 1.807) is 0 Å². The fraction of sp³-hybridized carbons (Fsp3) is 0.132. The molecule has 0 heterocycles. The van der Waals surface area contributed by atoms with Gasteiger partial charge in [0.2, 0.25) is 0 Å². The molecular weight excluding hydrogens is 472 g/mol. The lowest BCUT2D eigenvalue weighted by Crippen LogP contribution is -2.33. The zero-order valence-corrected chi connectivity index (χ0v) is 22.4. The summed E-state index contributed by atoms with van der Waals surface area (Å²) in [4.78, 5) is 14.2. The van der Waals surface area contributed by atoms with Crippen molar-refractivity contribution in [2.75, 3.05) is 0 Å². The second-order valence-corrected chi connectivity index (χ2v) is 11.1. The van der Waals surface area contributed by atoms with Gasteiger partial charge in [-0.3, -0.25) is 4.79 Å². The van der Waals surface area contributed by atoms with E-state index in [1.807, 2.05) is 0 Å². The van der Waals surface area contributed by atoms with Crippen LogP contribution in [-0.2, 0) is 5.41 Å². The van der Waals surface area contributed by atoms with E-state index in [9.17, 15) is 4.79 Å². The molecule has 0 saturated carbocycles. The van der Waals surface area contributed by atoms with Gasteiger partial charge in [0.05, 0.1) is 0 Å². The Morgan fingerprint density at radius 1 is 0.513 bits per heavy atom. The third kappa shape index (κ3) is 3.81. The highest BCUT2D eigenvalue weighted by Crippen LogP contribution is 2.46. The summed E-state index contributed by atoms with van der Waals surface area (Å²) in [6.45, 7) is 4.54. The van der Waals surface area contributed by atoms with E-state index in [1.165, 1.54) is 21.5 Å². The lowest BCUT2D eigenvalue weighted by atomic mass is 9.64. The SMILES string of the molecule is CCCC1(C)c2ccc(-c3ccc4ccccc4c3)cc2C(=O)c2cc(-c3ccc4ccccc4c3)ccc21. The Balaban J connectivity index is 1.37. The first-order chi connectivity index (χ1) is 19.0. The van der Waals surface area contributed by atoms with Gasteiger partial charge in [-0.15, -0.1) is 0 Å². The summed E-state index contributed by atoms with van der Waals surface area (Å²) < 4.78 is 0. The molecule has 0 aliphatic heterocycles. The second kappa shape index (κ2) is 9.06. The lowest BCUT2D eigenvalue weighted by Gasteiger charge is -2.38. The predicted molar refractivity (Wildman–Crippen MR) is 164 cm³/mol. The van der Waals surface area contributed by atoms with Crippen LogP contribution in [0, 0.1) is 0 Å². The van der Waals surface area contributed by atoms with Gasteiger partial charge in [-0.1, -0.05) is 117 Å². The van der Waals surface area contributed by atoms with Gasteiger partial charge < -0.3 is 0 Å². The van der Waals surface area contributed by atoms with E-state index in [0.717, 1.165) is 57.3 Å². The quantitative estimate of drug-likeness (QED) is 0.234. The summed E-state index contributed by atoms with van der Waals surface area (Å²) in [5.41, 5.74) is 8.18. The van der Waals surface area contributed by atoms with Gasteiger partial charge in [0.1, 0.15) is 0 Å². The van der Waals surface area contributed by atoms with Gasteiger partial charge in [-0.2, -0.15) is 0 Å². The first-order valence-electron chi connectivity index (χ1n) is 13.9. The molecule has 1 nitrogen and oxygen atoms in total. The molecule has 1 aliphatic carbocycles. The molecule has 0 fully saturated rings. The molecule has 0 atom stereocenters. The minimum Gasteiger partial charge on any atom is -0.289 e. The van der Waals surface area contributed by atoms with Crippen LogP contribution in [-0.4, -0.2) is 5.78 Å². The summed E-state index contributed by atoms with van der Waals surface area (Å²) in [6.07, 6.45) is 2.04. The summed E-state index contributed by atoms with van der Waals surface area (Å²) in [5.74, 6) is 0.124. The molecule has 188 valence electrons. The van der Waals surface area contributed by atoms with Gasteiger partial charge in [-0.25, -0.2) is 0 Å². The number of hydrogen-bond acceptors (Lipinski definition) is 1. The van der Waals surface area contributed by atoms with E-state index >= 15 is 0 Å². The van der Waals surface area contributed by atoms with Crippen molar-refractivity contribution in [3.8, 4) is 22.3 Å². The Kier molecular flexibility index (Phi) is 5.49. The van der Waals surface area contributed by atoms with Crippen molar-refractivity contribution in [1.82, 2.24) is 0 Å². The standard InChI is InChI=1S/C38H30O/c1-3-20-38(2)35-18-16-31(29-14-12-25-8-4-6-10-27(25)21-29)23-33(35)37(39)34-24-32(17-19-36(34)38)30-15-13-26-9-5-7-11-28(26)22-30/h4-19,21-24H,3,20H2,1-2H3. The normalized spacial score (nSPS) is 13.8. The van der Waals surface area contributed by atoms with E-state index in [-0.39, 0.29) is 11.2 Å². The number of ketones is 1. The van der Waals surface area contributed by atoms with E-state index in [2.05, 4.69) is 135 Å². The van der Waals surface area contributed by atoms with Crippen molar-refractivity contribution in [1.29, 1.82) is 0 Å². The third-order valence-electron chi connectivity index (χ3n) is 8.63. The molecule has 0 saturated heterocycles. The van der Waals surface area contributed by atoms with Gasteiger partial charge in [0.15, 0.2) is 5.78 Å². The number of carbonyl (C=O) groups is 1. The summed E-state index contributed by atoms with van der Waals surface area (Å²) in [6, 6.07) is 43.0. The average Bonchev–Trinajstić information content (AvgIpc) is 2.99. The molecule has 7 rings (SSSR count). The summed E-state index contributed by atoms with van der Waals surface area (Å²) >= 11 is 0. The highest BCUT2D eigenvalue weighted by Gasteiger charge is 2.39. The molecule has 0 amide bonds. The van der Waals surface area contributed by atoms with Crippen molar-refractivity contribution in [2.24, 2.45) is 0 Å². The maximum atomic E-state index is 14.2. The molecule has 0 unspecified atom stereocenters. The molecule has 0 radical (unpaired) electrons. The van der Waals surface area contributed by atoms with E-state index in [4.69, 9.17) is 0 Å². The van der Waals surface area contributed by atoms with Crippen LogP contribution < -0.4 is 0 Å². The molecule has 0 N–H and O–H groups in total. The molecule has 1 heteroatoms. The first-order valence-corrected chi connectivity index (χ1v) is 13.9. The Morgan fingerprint density at radius 2 is 0.923 bits per heavy atom. The zero-order valence-electron chi connectivity index (χ0n) is 22.4. The zero-order chi connectivity index (χ0) is 26.6. The average molecular weight is 503 g/mol. The van der Waals surface area contributed by atoms with Gasteiger partial charge in [0, 0.05) is 16.5 Å². The van der Waals surface area contributed by atoms with Crippen molar-refractivity contribution < 1.29 is 4.79 Å². The third-order valence-corrected chi connectivity index (χ3v) is 8.63. The number of rotatable bonds is 4. The molecule has 6 aromatic rings. The topological polar surface area (TPSA) is 17.1 Å². The van der Waals surface area contributed by atoms with Crippen molar-refractivity contribution >= 4 is 27.3 Å². The summed E-state index contributed by atoms with van der Waals surface area (Å²) in [5, 5.41) is 4.86. The van der Waals surface area contributed by atoms with Crippen LogP contribution in [0.4, 0.5) is 0 Å². The maximum absolute atomic E-state index is 14.2. The van der Waals surface area contributed by atoms with Crippen LogP contribution >= 0.6 is 0 Å². The van der Waals surface area contributed by atoms with Crippen molar-refractivity contribution in [3.63, 3.8) is 0 Å². The van der Waals surface area contributed by atoms with Crippen LogP contribution in [0.3, 0.4) is 0 Å². The monoisotopic (exact) mass is 502 g/mol. The highest BCUT2D eigenvalue weighted by atomic mass is 16.1. The number of fused-ring (bicyclic) bond motifs is 4.